The molecule has 152 valence electrons. The van der Waals surface area contributed by atoms with E-state index in [1.165, 1.54) is 5.56 Å². The van der Waals surface area contributed by atoms with E-state index in [9.17, 15) is 9.59 Å². The number of alkyl carbamates (subject to hydrolysis) is 1. The lowest BCUT2D eigenvalue weighted by Crippen LogP contribution is -2.33. The van der Waals surface area contributed by atoms with Gasteiger partial charge in [-0.25, -0.2) is 9.59 Å². The molecule has 0 aliphatic carbocycles. The fourth-order valence-electron chi connectivity index (χ4n) is 2.80. The van der Waals surface area contributed by atoms with Gasteiger partial charge in [0, 0.05) is 12.2 Å². The zero-order valence-corrected chi connectivity index (χ0v) is 17.3. The molecule has 0 aliphatic rings. The molecule has 27 heavy (non-hydrogen) atoms. The first-order chi connectivity index (χ1) is 12.7. The lowest BCUT2D eigenvalue weighted by Gasteiger charge is -2.20. The highest BCUT2D eigenvalue weighted by atomic mass is 16.6. The van der Waals surface area contributed by atoms with Crippen LogP contribution in [0, 0.1) is 0 Å². The molecule has 0 radical (unpaired) electrons. The van der Waals surface area contributed by atoms with Crippen LogP contribution in [0.1, 0.15) is 71.8 Å². The van der Waals surface area contributed by atoms with Crippen LogP contribution in [0.25, 0.3) is 0 Å². The molecule has 1 rings (SSSR count). The third kappa shape index (κ3) is 9.87. The normalized spacial score (nSPS) is 12.2. The molecule has 2 amide bonds. The van der Waals surface area contributed by atoms with E-state index in [4.69, 9.17) is 9.47 Å². The summed E-state index contributed by atoms with van der Waals surface area (Å²) in [4.78, 5) is 23.2. The molecule has 0 fully saturated rings. The van der Waals surface area contributed by atoms with E-state index < -0.39 is 11.7 Å². The SMILES string of the molecule is CCCC(CCCNC(=O)OC(C)(C)C)c1ccc(NC(=O)OCC)cc1. The van der Waals surface area contributed by atoms with Crippen LogP contribution >= 0.6 is 0 Å². The van der Waals surface area contributed by atoms with E-state index in [1.54, 1.807) is 6.92 Å². The van der Waals surface area contributed by atoms with E-state index in [2.05, 4.69) is 17.6 Å². The number of carbonyl (C=O) groups is 2. The minimum atomic E-state index is -0.478. The average Bonchev–Trinajstić information content (AvgIpc) is 2.57. The number of amides is 2. The molecule has 1 atom stereocenters. The Labute approximate surface area is 163 Å². The zero-order valence-electron chi connectivity index (χ0n) is 17.3. The second-order valence-electron chi connectivity index (χ2n) is 7.52. The molecule has 0 aromatic heterocycles. The van der Waals surface area contributed by atoms with Crippen molar-refractivity contribution in [2.75, 3.05) is 18.5 Å². The van der Waals surface area contributed by atoms with E-state index in [-0.39, 0.29) is 6.09 Å². The highest BCUT2D eigenvalue weighted by molar-refractivity contribution is 5.84. The first kappa shape index (κ1) is 22.8. The Hall–Kier alpha value is -2.24. The molecule has 0 saturated heterocycles. The summed E-state index contributed by atoms with van der Waals surface area (Å²) in [5.74, 6) is 0.423. The van der Waals surface area contributed by atoms with Gasteiger partial charge in [-0.3, -0.25) is 5.32 Å². The van der Waals surface area contributed by atoms with Crippen LogP contribution < -0.4 is 10.6 Å². The van der Waals surface area contributed by atoms with Crippen LogP contribution in [0.15, 0.2) is 24.3 Å². The van der Waals surface area contributed by atoms with Crippen molar-refractivity contribution in [2.24, 2.45) is 0 Å². The standard InChI is InChI=1S/C21H34N2O4/c1-6-9-16(10-8-15-22-19(24)27-21(3,4)5)17-11-13-18(14-12-17)23-20(25)26-7-2/h11-14,16H,6-10,15H2,1-5H3,(H,22,24)(H,23,25). The number of benzene rings is 1. The van der Waals surface area contributed by atoms with Crippen LogP contribution in [0.2, 0.25) is 0 Å². The Bertz CT molecular complexity index is 579. The van der Waals surface area contributed by atoms with E-state index in [0.717, 1.165) is 31.4 Å². The topological polar surface area (TPSA) is 76.7 Å². The number of anilines is 1. The predicted octanol–water partition coefficient (Wildman–Crippen LogP) is 5.44. The minimum Gasteiger partial charge on any atom is -0.450 e. The summed E-state index contributed by atoms with van der Waals surface area (Å²) in [6.07, 6.45) is 3.22. The lowest BCUT2D eigenvalue weighted by molar-refractivity contribution is 0.0526. The Balaban J connectivity index is 2.50. The Morgan fingerprint density at radius 2 is 1.70 bits per heavy atom. The van der Waals surface area contributed by atoms with Crippen LogP contribution in [0.3, 0.4) is 0 Å². The van der Waals surface area contributed by atoms with Gasteiger partial charge in [-0.15, -0.1) is 0 Å². The maximum Gasteiger partial charge on any atom is 0.411 e. The van der Waals surface area contributed by atoms with Gasteiger partial charge < -0.3 is 14.8 Å². The first-order valence-corrected chi connectivity index (χ1v) is 9.75. The molecular weight excluding hydrogens is 344 g/mol. The van der Waals surface area contributed by atoms with Crippen molar-refractivity contribution in [1.82, 2.24) is 5.32 Å². The molecule has 1 aromatic carbocycles. The quantitative estimate of drug-likeness (QED) is 0.561. The smallest absolute Gasteiger partial charge is 0.411 e. The third-order valence-electron chi connectivity index (χ3n) is 3.94. The Kier molecular flexibility index (Phi) is 9.68. The second-order valence-corrected chi connectivity index (χ2v) is 7.52. The molecule has 0 saturated carbocycles. The number of carbonyl (C=O) groups excluding carboxylic acids is 2. The summed E-state index contributed by atoms with van der Waals surface area (Å²) in [6.45, 7) is 10.4. The molecule has 0 spiro atoms. The van der Waals surface area contributed by atoms with Gasteiger partial charge in [0.15, 0.2) is 0 Å². The summed E-state index contributed by atoms with van der Waals surface area (Å²) < 4.78 is 10.1. The fourth-order valence-corrected chi connectivity index (χ4v) is 2.80. The van der Waals surface area contributed by atoms with Gasteiger partial charge in [-0.05, 0) is 70.6 Å². The summed E-state index contributed by atoms with van der Waals surface area (Å²) in [7, 11) is 0. The average molecular weight is 379 g/mol. The molecular formula is C21H34N2O4. The van der Waals surface area contributed by atoms with Crippen molar-refractivity contribution in [1.29, 1.82) is 0 Å². The second kappa shape index (κ2) is 11.5. The van der Waals surface area contributed by atoms with Gasteiger partial charge in [0.2, 0.25) is 0 Å². The van der Waals surface area contributed by atoms with Gasteiger partial charge in [-0.1, -0.05) is 25.5 Å². The predicted molar refractivity (Wildman–Crippen MR) is 108 cm³/mol. The first-order valence-electron chi connectivity index (χ1n) is 9.75. The molecule has 6 nitrogen and oxygen atoms in total. The van der Waals surface area contributed by atoms with Gasteiger partial charge in [0.1, 0.15) is 5.60 Å². The largest absolute Gasteiger partial charge is 0.450 e. The van der Waals surface area contributed by atoms with Crippen LogP contribution in [0.5, 0.6) is 0 Å². The molecule has 6 heteroatoms. The van der Waals surface area contributed by atoms with E-state index in [0.29, 0.717) is 19.1 Å². The molecule has 0 heterocycles. The summed E-state index contributed by atoms with van der Waals surface area (Å²) in [5.41, 5.74) is 1.48. The van der Waals surface area contributed by atoms with Gasteiger partial charge >= 0.3 is 12.2 Å². The van der Waals surface area contributed by atoms with E-state index in [1.807, 2.05) is 45.0 Å². The maximum absolute atomic E-state index is 11.7. The summed E-state index contributed by atoms with van der Waals surface area (Å²) in [5, 5.41) is 5.51. The van der Waals surface area contributed by atoms with Crippen molar-refractivity contribution in [2.45, 2.75) is 71.8 Å². The highest BCUT2D eigenvalue weighted by Crippen LogP contribution is 2.27. The summed E-state index contributed by atoms with van der Waals surface area (Å²) in [6, 6.07) is 7.88. The Morgan fingerprint density at radius 3 is 2.26 bits per heavy atom. The number of hydrogen-bond acceptors (Lipinski definition) is 4. The molecule has 0 bridgehead atoms. The van der Waals surface area contributed by atoms with Crippen LogP contribution in [-0.4, -0.2) is 30.9 Å². The van der Waals surface area contributed by atoms with Crippen LogP contribution in [0.4, 0.5) is 15.3 Å². The number of rotatable bonds is 9. The van der Waals surface area contributed by atoms with Crippen molar-refractivity contribution >= 4 is 17.9 Å². The highest BCUT2D eigenvalue weighted by Gasteiger charge is 2.16. The van der Waals surface area contributed by atoms with Crippen molar-refractivity contribution in [3.05, 3.63) is 29.8 Å². The number of hydrogen-bond donors (Lipinski definition) is 2. The molecule has 0 aliphatic heterocycles. The minimum absolute atomic E-state index is 0.347. The fraction of sp³-hybridized carbons (Fsp3) is 0.619. The number of nitrogens with one attached hydrogen (secondary N) is 2. The monoisotopic (exact) mass is 378 g/mol. The van der Waals surface area contributed by atoms with Crippen molar-refractivity contribution < 1.29 is 19.1 Å². The van der Waals surface area contributed by atoms with Crippen molar-refractivity contribution in [3.63, 3.8) is 0 Å². The van der Waals surface area contributed by atoms with Gasteiger partial charge in [0.05, 0.1) is 6.61 Å². The van der Waals surface area contributed by atoms with Crippen molar-refractivity contribution in [3.8, 4) is 0 Å². The van der Waals surface area contributed by atoms with E-state index >= 15 is 0 Å². The zero-order chi connectivity index (χ0) is 20.3. The maximum atomic E-state index is 11.7. The molecule has 2 N–H and O–H groups in total. The lowest BCUT2D eigenvalue weighted by atomic mass is 9.90. The molecule has 1 unspecified atom stereocenters. The third-order valence-corrected chi connectivity index (χ3v) is 3.94. The van der Waals surface area contributed by atoms with Gasteiger partial charge in [-0.2, -0.15) is 0 Å². The number of ether oxygens (including phenoxy) is 2. The summed E-state index contributed by atoms with van der Waals surface area (Å²) >= 11 is 0. The van der Waals surface area contributed by atoms with Crippen LogP contribution in [-0.2, 0) is 9.47 Å². The van der Waals surface area contributed by atoms with Gasteiger partial charge in [0.25, 0.3) is 0 Å². The Morgan fingerprint density at radius 1 is 1.04 bits per heavy atom. The molecule has 1 aromatic rings.